The average Bonchev–Trinajstić information content (AvgIpc) is 2.72. The van der Waals surface area contributed by atoms with Crippen LogP contribution in [-0.2, 0) is 6.54 Å². The minimum absolute atomic E-state index is 0.0501. The van der Waals surface area contributed by atoms with Crippen molar-refractivity contribution in [3.63, 3.8) is 0 Å². The summed E-state index contributed by atoms with van der Waals surface area (Å²) >= 11 is 0. The Bertz CT molecular complexity index is 1060. The van der Waals surface area contributed by atoms with Crippen molar-refractivity contribution in [3.05, 3.63) is 75.7 Å². The number of nitrogens with zero attached hydrogens (tertiary/aromatic N) is 3. The molecule has 5 heteroatoms. The van der Waals surface area contributed by atoms with Crippen LogP contribution in [0.2, 0.25) is 0 Å². The van der Waals surface area contributed by atoms with Crippen molar-refractivity contribution < 1.29 is 4.79 Å². The van der Waals surface area contributed by atoms with E-state index in [4.69, 9.17) is 0 Å². The molecular formula is C23H25N3O2. The fraction of sp³-hybridized carbons (Fsp3) is 0.348. The Morgan fingerprint density at radius 3 is 2.54 bits per heavy atom. The van der Waals surface area contributed by atoms with Gasteiger partial charge in [-0.05, 0) is 49.4 Å². The minimum atomic E-state index is -0.0968. The molecule has 0 N–H and O–H groups in total. The second-order valence-electron chi connectivity index (χ2n) is 7.75. The van der Waals surface area contributed by atoms with Crippen LogP contribution in [0.15, 0.2) is 53.3 Å². The molecule has 4 rings (SSSR count). The third kappa shape index (κ3) is 3.57. The van der Waals surface area contributed by atoms with Gasteiger partial charge < -0.3 is 9.47 Å². The van der Waals surface area contributed by atoms with E-state index >= 15 is 0 Å². The molecule has 3 aromatic rings. The zero-order chi connectivity index (χ0) is 19.7. The van der Waals surface area contributed by atoms with Gasteiger partial charge in [-0.2, -0.15) is 0 Å². The first-order chi connectivity index (χ1) is 13.5. The number of carbonyl (C=O) groups excluding carboxylic acids is 1. The zero-order valence-corrected chi connectivity index (χ0v) is 16.4. The minimum Gasteiger partial charge on any atom is -0.339 e. The second-order valence-corrected chi connectivity index (χ2v) is 7.75. The number of benzene rings is 2. The van der Waals surface area contributed by atoms with Crippen LogP contribution in [0.3, 0.4) is 0 Å². The van der Waals surface area contributed by atoms with Crippen LogP contribution < -0.4 is 5.56 Å². The summed E-state index contributed by atoms with van der Waals surface area (Å²) in [5.74, 6) is 0.728. The third-order valence-electron chi connectivity index (χ3n) is 5.61. The summed E-state index contributed by atoms with van der Waals surface area (Å²) in [6.07, 6.45) is 2.10. The van der Waals surface area contributed by atoms with Crippen LogP contribution in [0, 0.1) is 12.8 Å². The SMILES string of the molecule is Cc1nc2cc(C(=O)N3CCC(C)CC3)ccc2n(Cc2ccccc2)c1=O. The fourth-order valence-electron chi connectivity index (χ4n) is 3.82. The first-order valence-electron chi connectivity index (χ1n) is 9.87. The average molecular weight is 375 g/mol. The first-order valence-corrected chi connectivity index (χ1v) is 9.87. The van der Waals surface area contributed by atoms with Crippen molar-refractivity contribution in [2.45, 2.75) is 33.2 Å². The molecule has 0 saturated carbocycles. The lowest BCUT2D eigenvalue weighted by Crippen LogP contribution is -2.37. The maximum absolute atomic E-state index is 12.9. The highest BCUT2D eigenvalue weighted by Gasteiger charge is 2.22. The van der Waals surface area contributed by atoms with E-state index in [0.717, 1.165) is 37.0 Å². The van der Waals surface area contributed by atoms with Crippen molar-refractivity contribution in [2.24, 2.45) is 5.92 Å². The van der Waals surface area contributed by atoms with Crippen LogP contribution in [-0.4, -0.2) is 33.4 Å². The maximum Gasteiger partial charge on any atom is 0.272 e. The smallest absolute Gasteiger partial charge is 0.272 e. The Balaban J connectivity index is 1.71. The molecule has 2 aromatic carbocycles. The summed E-state index contributed by atoms with van der Waals surface area (Å²) in [7, 11) is 0. The molecule has 1 amide bonds. The predicted octanol–water partition coefficient (Wildman–Crippen LogP) is 3.63. The molecule has 1 saturated heterocycles. The number of aryl methyl sites for hydroxylation is 1. The summed E-state index contributed by atoms with van der Waals surface area (Å²) < 4.78 is 1.74. The third-order valence-corrected chi connectivity index (χ3v) is 5.61. The number of hydrogen-bond acceptors (Lipinski definition) is 3. The van der Waals surface area contributed by atoms with Gasteiger partial charge in [0.2, 0.25) is 0 Å². The number of carbonyl (C=O) groups is 1. The van der Waals surface area contributed by atoms with Crippen LogP contribution in [0.1, 0.15) is 41.4 Å². The summed E-state index contributed by atoms with van der Waals surface area (Å²) in [5.41, 5.74) is 3.48. The van der Waals surface area contributed by atoms with E-state index in [9.17, 15) is 9.59 Å². The lowest BCUT2D eigenvalue weighted by molar-refractivity contribution is 0.0697. The Hall–Kier alpha value is -2.95. The van der Waals surface area contributed by atoms with E-state index in [1.807, 2.05) is 53.4 Å². The molecule has 1 aliphatic rings. The largest absolute Gasteiger partial charge is 0.339 e. The highest BCUT2D eigenvalue weighted by Crippen LogP contribution is 2.20. The van der Waals surface area contributed by atoms with Gasteiger partial charge in [0.05, 0.1) is 17.6 Å². The van der Waals surface area contributed by atoms with Gasteiger partial charge in [-0.1, -0.05) is 37.3 Å². The quantitative estimate of drug-likeness (QED) is 0.702. The van der Waals surface area contributed by atoms with Crippen LogP contribution in [0.25, 0.3) is 11.0 Å². The van der Waals surface area contributed by atoms with Crippen molar-refractivity contribution in [3.8, 4) is 0 Å². The highest BCUT2D eigenvalue weighted by molar-refractivity contribution is 5.97. The number of hydrogen-bond donors (Lipinski definition) is 0. The van der Waals surface area contributed by atoms with Crippen molar-refractivity contribution in [1.82, 2.24) is 14.5 Å². The molecule has 0 bridgehead atoms. The normalized spacial score (nSPS) is 15.1. The molecule has 0 spiro atoms. The van der Waals surface area contributed by atoms with E-state index in [2.05, 4.69) is 11.9 Å². The van der Waals surface area contributed by atoms with Crippen LogP contribution in [0.5, 0.6) is 0 Å². The molecule has 0 atom stereocenters. The Morgan fingerprint density at radius 2 is 1.82 bits per heavy atom. The van der Waals surface area contributed by atoms with Gasteiger partial charge in [-0.15, -0.1) is 0 Å². The van der Waals surface area contributed by atoms with Gasteiger partial charge in [-0.3, -0.25) is 9.59 Å². The number of piperidine rings is 1. The van der Waals surface area contributed by atoms with Gasteiger partial charge in [0.25, 0.3) is 11.5 Å². The monoisotopic (exact) mass is 375 g/mol. The number of likely N-dealkylation sites (tertiary alicyclic amines) is 1. The highest BCUT2D eigenvalue weighted by atomic mass is 16.2. The molecule has 0 aliphatic carbocycles. The molecule has 5 nitrogen and oxygen atoms in total. The van der Waals surface area contributed by atoms with Gasteiger partial charge in [0, 0.05) is 18.7 Å². The van der Waals surface area contributed by atoms with Crippen LogP contribution in [0.4, 0.5) is 0 Å². The molecule has 1 aromatic heterocycles. The second kappa shape index (κ2) is 7.58. The number of aromatic nitrogens is 2. The van der Waals surface area contributed by atoms with Crippen molar-refractivity contribution in [2.75, 3.05) is 13.1 Å². The van der Waals surface area contributed by atoms with E-state index in [-0.39, 0.29) is 11.5 Å². The van der Waals surface area contributed by atoms with E-state index in [1.165, 1.54) is 0 Å². The Kier molecular flexibility index (Phi) is 4.99. The molecule has 1 fully saturated rings. The first kappa shape index (κ1) is 18.4. The molecule has 1 aliphatic heterocycles. The summed E-state index contributed by atoms with van der Waals surface area (Å²) in [6, 6.07) is 15.4. The van der Waals surface area contributed by atoms with E-state index in [1.54, 1.807) is 11.5 Å². The number of amides is 1. The predicted molar refractivity (Wildman–Crippen MR) is 111 cm³/mol. The summed E-state index contributed by atoms with van der Waals surface area (Å²) in [5, 5.41) is 0. The van der Waals surface area contributed by atoms with E-state index in [0.29, 0.717) is 29.2 Å². The molecule has 0 unspecified atom stereocenters. The zero-order valence-electron chi connectivity index (χ0n) is 16.4. The number of fused-ring (bicyclic) bond motifs is 1. The lowest BCUT2D eigenvalue weighted by Gasteiger charge is -2.30. The topological polar surface area (TPSA) is 55.2 Å². The van der Waals surface area contributed by atoms with Gasteiger partial charge >= 0.3 is 0 Å². The van der Waals surface area contributed by atoms with Gasteiger partial charge in [-0.25, -0.2) is 4.98 Å². The lowest BCUT2D eigenvalue weighted by atomic mass is 9.98. The molecule has 144 valence electrons. The summed E-state index contributed by atoms with van der Waals surface area (Å²) in [6.45, 7) is 6.05. The van der Waals surface area contributed by atoms with E-state index < -0.39 is 0 Å². The van der Waals surface area contributed by atoms with Crippen molar-refractivity contribution >= 4 is 16.9 Å². The van der Waals surface area contributed by atoms with Gasteiger partial charge in [0.15, 0.2) is 0 Å². The molecule has 0 radical (unpaired) electrons. The number of rotatable bonds is 3. The standard InChI is InChI=1S/C23H25N3O2/c1-16-10-12-25(13-11-16)23(28)19-8-9-21-20(14-19)24-17(2)22(27)26(21)15-18-6-4-3-5-7-18/h3-9,14,16H,10-13,15H2,1-2H3. The molecule has 2 heterocycles. The Morgan fingerprint density at radius 1 is 1.11 bits per heavy atom. The maximum atomic E-state index is 12.9. The van der Waals surface area contributed by atoms with Gasteiger partial charge in [0.1, 0.15) is 5.69 Å². The Labute approximate surface area is 164 Å². The summed E-state index contributed by atoms with van der Waals surface area (Å²) in [4.78, 5) is 32.0. The van der Waals surface area contributed by atoms with Crippen molar-refractivity contribution in [1.29, 1.82) is 0 Å². The fourth-order valence-corrected chi connectivity index (χ4v) is 3.82. The van der Waals surface area contributed by atoms with Crippen LogP contribution >= 0.6 is 0 Å². The molecular weight excluding hydrogens is 350 g/mol. The molecule has 28 heavy (non-hydrogen) atoms.